The Morgan fingerprint density at radius 1 is 0.875 bits per heavy atom. The molecule has 0 radical (unpaired) electrons. The van der Waals surface area contributed by atoms with Gasteiger partial charge in [-0.15, -0.1) is 0 Å². The molecule has 0 bridgehead atoms. The molecule has 0 aromatic carbocycles. The van der Waals surface area contributed by atoms with Gasteiger partial charge in [-0.3, -0.25) is 19.8 Å². The third kappa shape index (κ3) is 64.9. The summed E-state index contributed by atoms with van der Waals surface area (Å²) in [5.41, 5.74) is 14.7. The van der Waals surface area contributed by atoms with E-state index in [1.165, 1.54) is 6.92 Å². The van der Waals surface area contributed by atoms with Crippen LogP contribution >= 0.6 is 0 Å². The first kappa shape index (κ1) is 47.2. The molecule has 0 aliphatic carbocycles. The highest BCUT2D eigenvalue weighted by atomic mass is 16.4. The van der Waals surface area contributed by atoms with E-state index in [1.54, 1.807) is 0 Å². The van der Waals surface area contributed by atoms with Crippen LogP contribution < -0.4 is 22.5 Å². The fourth-order valence-corrected chi connectivity index (χ4v) is 1.92. The van der Waals surface area contributed by atoms with Crippen LogP contribution in [0.15, 0.2) is 0 Å². The number of quaternary nitrogens is 2. The van der Waals surface area contributed by atoms with E-state index >= 15 is 0 Å². The molecule has 0 rings (SSSR count). The number of aliphatic hydroxyl groups is 5. The van der Waals surface area contributed by atoms with Gasteiger partial charge in [0, 0.05) is 13.5 Å². The third-order valence-corrected chi connectivity index (χ3v) is 3.69. The Morgan fingerprint density at radius 2 is 1.30 bits per heavy atom. The quantitative estimate of drug-likeness (QED) is 0.0418. The van der Waals surface area contributed by atoms with Gasteiger partial charge in [-0.2, -0.15) is 0 Å². The van der Waals surface area contributed by atoms with Crippen LogP contribution in [0.5, 0.6) is 0 Å². The van der Waals surface area contributed by atoms with Gasteiger partial charge in [0.15, 0.2) is 5.96 Å². The molecule has 242 valence electrons. The van der Waals surface area contributed by atoms with Gasteiger partial charge in [0.1, 0.15) is 31.3 Å². The second-order valence-corrected chi connectivity index (χ2v) is 10.5. The van der Waals surface area contributed by atoms with Gasteiger partial charge in [0.05, 0.1) is 68.5 Å². The lowest BCUT2D eigenvalue weighted by atomic mass is 10.2. The summed E-state index contributed by atoms with van der Waals surface area (Å²) < 4.78 is 1.42. The molecule has 17 heteroatoms. The maximum Gasteiger partial charge on any atom is 0.320 e. The van der Waals surface area contributed by atoms with Crippen LogP contribution in [-0.4, -0.2) is 169 Å². The van der Waals surface area contributed by atoms with E-state index in [-0.39, 0.29) is 38.1 Å². The van der Waals surface area contributed by atoms with E-state index in [4.69, 9.17) is 52.6 Å². The fraction of sp³-hybridized carbons (Fsp3) is 0.826. The zero-order valence-electron chi connectivity index (χ0n) is 25.1. The number of carboxylic acids is 2. The minimum atomic E-state index is -1.00. The van der Waals surface area contributed by atoms with Crippen molar-refractivity contribution >= 4 is 23.8 Å². The second kappa shape index (κ2) is 27.9. The smallest absolute Gasteiger partial charge is 0.320 e. The predicted molar refractivity (Wildman–Crippen MR) is 151 cm³/mol. The number of likely N-dealkylation sites (N-methyl/N-ethyl adjacent to an activating group) is 2. The highest BCUT2D eigenvalue weighted by Crippen LogP contribution is 1.98. The van der Waals surface area contributed by atoms with E-state index in [0.717, 1.165) is 11.0 Å². The average Bonchev–Trinajstić information content (AvgIpc) is 2.74. The van der Waals surface area contributed by atoms with Crippen molar-refractivity contribution in [2.24, 2.45) is 17.2 Å². The molecule has 0 aromatic rings. The number of aliphatic carboxylic acids is 2. The first-order valence-electron chi connectivity index (χ1n) is 12.3. The summed E-state index contributed by atoms with van der Waals surface area (Å²) in [6, 6.07) is -0.821. The number of rotatable bonds is 13. The van der Waals surface area contributed by atoms with Gasteiger partial charge in [0.2, 0.25) is 5.91 Å². The van der Waals surface area contributed by atoms with Gasteiger partial charge in [-0.05, 0) is 12.8 Å². The molecule has 15 N–H and O–H groups in total. The molecule has 2 unspecified atom stereocenters. The maximum atomic E-state index is 10.2. The van der Waals surface area contributed by atoms with Crippen molar-refractivity contribution in [2.45, 2.75) is 44.4 Å². The van der Waals surface area contributed by atoms with Crippen LogP contribution in [0.2, 0.25) is 0 Å². The number of carbonyl (C=O) groups excluding carboxylic acids is 1. The van der Waals surface area contributed by atoms with Gasteiger partial charge in [-0.1, -0.05) is 0 Å². The van der Waals surface area contributed by atoms with E-state index in [2.05, 4.69) is 32.2 Å². The van der Waals surface area contributed by atoms with Crippen molar-refractivity contribution < 1.29 is 59.1 Å². The van der Waals surface area contributed by atoms with Crippen LogP contribution in [-0.2, 0) is 14.4 Å². The standard InChI is InChI=1S/C7H15NO3.C6H14N4O2.C5H14NO.C3H8O3.C2H5NO/c1-8(2,3)5-6(9)4-7(10)11;7-4(5(11)12)2-1-3-10-6(8)9;1-6(2,3)4-5-7;4-1-3(6)2-5;1-2(3)4/h6,9H,4-5H2,1-3H3;4H,1-3,7H2,(H,11,12)(H4,8,9,10);7H,4-5H2,1-3H3;3-6H,1-2H2;1H3,(H2,3,4)/q;;+1;;/p+1. The first-order chi connectivity index (χ1) is 17.9. The van der Waals surface area contributed by atoms with E-state index in [0.29, 0.717) is 30.4 Å². The molecular weight excluding hydrogens is 534 g/mol. The Kier molecular flexibility index (Phi) is 32.9. The molecule has 0 saturated heterocycles. The lowest BCUT2D eigenvalue weighted by molar-refractivity contribution is -0.873. The third-order valence-electron chi connectivity index (χ3n) is 3.69. The van der Waals surface area contributed by atoms with Crippen LogP contribution in [0.4, 0.5) is 0 Å². The number of amides is 1. The Morgan fingerprint density at radius 3 is 1.50 bits per heavy atom. The molecule has 0 saturated carbocycles. The van der Waals surface area contributed by atoms with Gasteiger partial charge >= 0.3 is 11.9 Å². The number of carbonyl (C=O) groups is 3. The Balaban J connectivity index is -0.000000134. The number of carboxylic acid groups (broad SMARTS) is 2. The van der Waals surface area contributed by atoms with Crippen LogP contribution in [0.1, 0.15) is 26.2 Å². The summed E-state index contributed by atoms with van der Waals surface area (Å²) in [4.78, 5) is 29.6. The molecular formula is C23H57N7O10+2. The van der Waals surface area contributed by atoms with E-state index in [9.17, 15) is 14.4 Å². The monoisotopic (exact) mass is 591 g/mol. The molecule has 0 spiro atoms. The van der Waals surface area contributed by atoms with Crippen LogP contribution in [0, 0.1) is 5.41 Å². The lowest BCUT2D eigenvalue weighted by Gasteiger charge is -2.25. The number of nitrogens with two attached hydrogens (primary N) is 3. The number of nitrogens with one attached hydrogen (secondary N) is 2. The number of nitrogens with zero attached hydrogens (tertiary/aromatic N) is 2. The molecule has 2 atom stereocenters. The summed E-state index contributed by atoms with van der Waals surface area (Å²) in [6.07, 6.45) is -0.893. The van der Waals surface area contributed by atoms with Crippen LogP contribution in [0.25, 0.3) is 0 Å². The molecule has 40 heavy (non-hydrogen) atoms. The summed E-state index contributed by atoms with van der Waals surface area (Å²) in [6.45, 7) is 2.64. The minimum absolute atomic E-state index is 0.112. The Hall–Kier alpha value is -2.64. The normalized spacial score (nSPS) is 11.8. The number of guanidine groups is 1. The predicted octanol–water partition coefficient (Wildman–Crippen LogP) is -4.30. The molecule has 0 aromatic heterocycles. The molecule has 1 amide bonds. The van der Waals surface area contributed by atoms with Crippen molar-refractivity contribution in [3.8, 4) is 0 Å². The zero-order valence-corrected chi connectivity index (χ0v) is 25.1. The summed E-state index contributed by atoms with van der Waals surface area (Å²) in [5.74, 6) is -2.40. The SMILES string of the molecule is CC(N)=O.C[N+](C)(C)CC(O)CC(=O)O.C[N+](C)(C)CCO.N=C(N)NCCCC(N)C(=O)O.OCC(O)CO. The van der Waals surface area contributed by atoms with Crippen molar-refractivity contribution in [3.05, 3.63) is 0 Å². The van der Waals surface area contributed by atoms with Gasteiger partial charge in [0.25, 0.3) is 0 Å². The number of hydrogen-bond acceptors (Lipinski definition) is 10. The number of hydrogen-bond donors (Lipinski definition) is 12. The molecule has 0 aliphatic heterocycles. The van der Waals surface area contributed by atoms with Crippen molar-refractivity contribution in [1.82, 2.24) is 5.32 Å². The van der Waals surface area contributed by atoms with Crippen molar-refractivity contribution in [1.29, 1.82) is 5.41 Å². The molecule has 0 heterocycles. The zero-order chi connectivity index (χ0) is 33.1. The highest BCUT2D eigenvalue weighted by Gasteiger charge is 2.17. The fourth-order valence-electron chi connectivity index (χ4n) is 1.92. The molecule has 0 aliphatic rings. The maximum absolute atomic E-state index is 10.2. The lowest BCUT2D eigenvalue weighted by Crippen LogP contribution is -2.42. The topological polar surface area (TPSA) is 307 Å². The number of aliphatic hydroxyl groups excluding tert-OH is 5. The Labute approximate surface area is 237 Å². The van der Waals surface area contributed by atoms with E-state index in [1.807, 2.05) is 21.1 Å². The van der Waals surface area contributed by atoms with Gasteiger partial charge < -0.3 is 67.2 Å². The van der Waals surface area contributed by atoms with Gasteiger partial charge in [-0.25, -0.2) is 0 Å². The number of primary amides is 1. The molecule has 0 fully saturated rings. The van der Waals surface area contributed by atoms with E-state index < -0.39 is 30.2 Å². The average molecular weight is 592 g/mol. The summed E-state index contributed by atoms with van der Waals surface area (Å²) in [5, 5.41) is 67.6. The minimum Gasteiger partial charge on any atom is -0.481 e. The summed E-state index contributed by atoms with van der Waals surface area (Å²) in [7, 11) is 11.9. The van der Waals surface area contributed by atoms with Crippen molar-refractivity contribution in [2.75, 3.05) is 81.7 Å². The summed E-state index contributed by atoms with van der Waals surface area (Å²) >= 11 is 0. The first-order valence-corrected chi connectivity index (χ1v) is 12.3. The molecule has 17 nitrogen and oxygen atoms in total. The highest BCUT2D eigenvalue weighted by molar-refractivity contribution is 5.74. The van der Waals surface area contributed by atoms with Crippen LogP contribution in [0.3, 0.4) is 0 Å². The second-order valence-electron chi connectivity index (χ2n) is 10.5. The van der Waals surface area contributed by atoms with Crippen molar-refractivity contribution in [3.63, 3.8) is 0 Å². The Bertz CT molecular complexity index is 649. The largest absolute Gasteiger partial charge is 0.481 e.